The summed E-state index contributed by atoms with van der Waals surface area (Å²) in [5, 5.41) is 2.52. The molecule has 1 aliphatic heterocycles. The van der Waals surface area contributed by atoms with E-state index in [1.165, 1.54) is 41.3 Å². The summed E-state index contributed by atoms with van der Waals surface area (Å²) in [5.41, 5.74) is 0.271. The molecule has 2 aromatic rings. The molecule has 0 bridgehead atoms. The summed E-state index contributed by atoms with van der Waals surface area (Å²) in [6, 6.07) is 10.5. The van der Waals surface area contributed by atoms with Crippen LogP contribution in [0.1, 0.15) is 23.2 Å². The van der Waals surface area contributed by atoms with Crippen molar-refractivity contribution in [3.8, 4) is 0 Å². The summed E-state index contributed by atoms with van der Waals surface area (Å²) in [6.45, 7) is 0.407. The topological polar surface area (TPSA) is 49.4 Å². The Morgan fingerprint density at radius 1 is 1.08 bits per heavy atom. The fraction of sp³-hybridized carbons (Fsp3) is 0.222. The summed E-state index contributed by atoms with van der Waals surface area (Å²) in [7, 11) is 0. The van der Waals surface area contributed by atoms with E-state index in [1.54, 1.807) is 6.07 Å². The normalized spacial score (nSPS) is 16.9. The number of halogens is 2. The van der Waals surface area contributed by atoms with Gasteiger partial charge in [-0.1, -0.05) is 18.2 Å². The van der Waals surface area contributed by atoms with Gasteiger partial charge in [0.15, 0.2) is 0 Å². The lowest BCUT2D eigenvalue weighted by atomic mass is 10.1. The van der Waals surface area contributed by atoms with E-state index in [0.717, 1.165) is 6.07 Å². The van der Waals surface area contributed by atoms with Crippen LogP contribution in [0.3, 0.4) is 0 Å². The van der Waals surface area contributed by atoms with Gasteiger partial charge in [0.2, 0.25) is 5.91 Å². The first-order valence-electron chi connectivity index (χ1n) is 7.68. The fourth-order valence-corrected chi connectivity index (χ4v) is 2.85. The average Bonchev–Trinajstić information content (AvgIpc) is 3.06. The number of amides is 2. The van der Waals surface area contributed by atoms with Gasteiger partial charge in [-0.2, -0.15) is 0 Å². The zero-order chi connectivity index (χ0) is 17.1. The molecule has 1 atom stereocenters. The summed E-state index contributed by atoms with van der Waals surface area (Å²) in [4.78, 5) is 26.4. The number of rotatable bonds is 3. The summed E-state index contributed by atoms with van der Waals surface area (Å²) in [6.07, 6.45) is 1.15. The van der Waals surface area contributed by atoms with E-state index in [1.807, 2.05) is 0 Å². The van der Waals surface area contributed by atoms with E-state index in [9.17, 15) is 18.4 Å². The lowest BCUT2D eigenvalue weighted by molar-refractivity contribution is -0.119. The first-order valence-corrected chi connectivity index (χ1v) is 7.68. The van der Waals surface area contributed by atoms with Crippen molar-refractivity contribution in [1.82, 2.24) is 4.90 Å². The second-order valence-corrected chi connectivity index (χ2v) is 5.64. The monoisotopic (exact) mass is 330 g/mol. The van der Waals surface area contributed by atoms with Crippen LogP contribution < -0.4 is 5.32 Å². The zero-order valence-corrected chi connectivity index (χ0v) is 12.8. The minimum atomic E-state index is -0.694. The van der Waals surface area contributed by atoms with Crippen LogP contribution >= 0.6 is 0 Å². The molecule has 2 amide bonds. The highest BCUT2D eigenvalue weighted by molar-refractivity contribution is 6.01. The van der Waals surface area contributed by atoms with E-state index in [-0.39, 0.29) is 11.3 Å². The van der Waals surface area contributed by atoms with Gasteiger partial charge in [0.25, 0.3) is 5.91 Å². The largest absolute Gasteiger partial charge is 0.327 e. The van der Waals surface area contributed by atoms with Crippen molar-refractivity contribution in [2.24, 2.45) is 0 Å². The molecule has 6 heteroatoms. The minimum Gasteiger partial charge on any atom is -0.327 e. The first kappa shape index (κ1) is 16.1. The van der Waals surface area contributed by atoms with Gasteiger partial charge in [0.05, 0.1) is 5.69 Å². The molecule has 1 fully saturated rings. The van der Waals surface area contributed by atoms with Crippen LogP contribution in [0, 0.1) is 11.6 Å². The Balaban J connectivity index is 1.76. The smallest absolute Gasteiger partial charge is 0.254 e. The van der Waals surface area contributed by atoms with E-state index in [0.29, 0.717) is 19.4 Å². The van der Waals surface area contributed by atoms with Crippen molar-refractivity contribution in [3.05, 3.63) is 65.7 Å². The number of nitrogens with one attached hydrogen (secondary N) is 1. The standard InChI is InChI=1S/C18H16F2N2O2/c19-13-6-3-5-12(11-13)18(24)22-10-4-9-16(22)17(23)21-15-8-2-1-7-14(15)20/h1-3,5-8,11,16H,4,9-10H2,(H,21,23). The number of anilines is 1. The number of likely N-dealkylation sites (tertiary alicyclic amines) is 1. The lowest BCUT2D eigenvalue weighted by Gasteiger charge is -2.24. The minimum absolute atomic E-state index is 0.0764. The highest BCUT2D eigenvalue weighted by Crippen LogP contribution is 2.22. The second-order valence-electron chi connectivity index (χ2n) is 5.64. The molecule has 1 N–H and O–H groups in total. The number of hydrogen-bond acceptors (Lipinski definition) is 2. The Morgan fingerprint density at radius 2 is 1.88 bits per heavy atom. The van der Waals surface area contributed by atoms with Crippen LogP contribution in [0.5, 0.6) is 0 Å². The molecule has 24 heavy (non-hydrogen) atoms. The van der Waals surface area contributed by atoms with E-state index in [4.69, 9.17) is 0 Å². The predicted molar refractivity (Wildman–Crippen MR) is 85.5 cm³/mol. The highest BCUT2D eigenvalue weighted by atomic mass is 19.1. The number of hydrogen-bond donors (Lipinski definition) is 1. The first-order chi connectivity index (χ1) is 11.6. The van der Waals surface area contributed by atoms with E-state index in [2.05, 4.69) is 5.32 Å². The number of benzene rings is 2. The molecule has 0 aliphatic carbocycles. The van der Waals surface area contributed by atoms with Crippen molar-refractivity contribution >= 4 is 17.5 Å². The van der Waals surface area contributed by atoms with Crippen molar-refractivity contribution in [1.29, 1.82) is 0 Å². The molecule has 0 spiro atoms. The van der Waals surface area contributed by atoms with Gasteiger partial charge in [-0.3, -0.25) is 9.59 Å². The third kappa shape index (κ3) is 3.27. The maximum atomic E-state index is 13.7. The van der Waals surface area contributed by atoms with Gasteiger partial charge in [0, 0.05) is 12.1 Å². The van der Waals surface area contributed by atoms with Crippen molar-refractivity contribution in [2.75, 3.05) is 11.9 Å². The SMILES string of the molecule is O=C(Nc1ccccc1F)C1CCCN1C(=O)c1cccc(F)c1. The Kier molecular flexibility index (Phi) is 4.55. The van der Waals surface area contributed by atoms with E-state index >= 15 is 0 Å². The fourth-order valence-electron chi connectivity index (χ4n) is 2.85. The van der Waals surface area contributed by atoms with Gasteiger partial charge >= 0.3 is 0 Å². The van der Waals surface area contributed by atoms with Gasteiger partial charge in [0.1, 0.15) is 17.7 Å². The molecule has 0 radical (unpaired) electrons. The van der Waals surface area contributed by atoms with Gasteiger partial charge in [-0.25, -0.2) is 8.78 Å². The number of nitrogens with zero attached hydrogens (tertiary/aromatic N) is 1. The van der Waals surface area contributed by atoms with E-state index < -0.39 is 29.5 Å². The zero-order valence-electron chi connectivity index (χ0n) is 12.8. The molecule has 2 aromatic carbocycles. The molecular weight excluding hydrogens is 314 g/mol. The molecule has 124 valence electrons. The Bertz CT molecular complexity index is 779. The third-order valence-corrected chi connectivity index (χ3v) is 4.02. The van der Waals surface area contributed by atoms with Crippen LogP contribution in [0.4, 0.5) is 14.5 Å². The van der Waals surface area contributed by atoms with Crippen LogP contribution in [-0.4, -0.2) is 29.3 Å². The maximum absolute atomic E-state index is 13.7. The summed E-state index contributed by atoms with van der Waals surface area (Å²) in [5.74, 6) is -1.89. The Morgan fingerprint density at radius 3 is 2.62 bits per heavy atom. The highest BCUT2D eigenvalue weighted by Gasteiger charge is 2.34. The average molecular weight is 330 g/mol. The molecule has 1 saturated heterocycles. The molecular formula is C18H16F2N2O2. The van der Waals surface area contributed by atoms with Crippen molar-refractivity contribution < 1.29 is 18.4 Å². The van der Waals surface area contributed by atoms with Crippen LogP contribution in [-0.2, 0) is 4.79 Å². The van der Waals surface area contributed by atoms with Gasteiger partial charge in [-0.05, 0) is 43.2 Å². The molecule has 0 saturated carbocycles. The number of carbonyl (C=O) groups is 2. The molecule has 4 nitrogen and oxygen atoms in total. The molecule has 1 heterocycles. The van der Waals surface area contributed by atoms with Crippen LogP contribution in [0.25, 0.3) is 0 Å². The quantitative estimate of drug-likeness (QED) is 0.939. The third-order valence-electron chi connectivity index (χ3n) is 4.02. The summed E-state index contributed by atoms with van der Waals surface area (Å²) < 4.78 is 27.0. The number of para-hydroxylation sites is 1. The number of carbonyl (C=O) groups excluding carboxylic acids is 2. The lowest BCUT2D eigenvalue weighted by Crippen LogP contribution is -2.43. The van der Waals surface area contributed by atoms with Crippen LogP contribution in [0.15, 0.2) is 48.5 Å². The van der Waals surface area contributed by atoms with Crippen molar-refractivity contribution in [3.63, 3.8) is 0 Å². The van der Waals surface area contributed by atoms with Gasteiger partial charge < -0.3 is 10.2 Å². The molecule has 3 rings (SSSR count). The second kappa shape index (κ2) is 6.78. The maximum Gasteiger partial charge on any atom is 0.254 e. The Hall–Kier alpha value is -2.76. The van der Waals surface area contributed by atoms with Gasteiger partial charge in [-0.15, -0.1) is 0 Å². The molecule has 1 unspecified atom stereocenters. The van der Waals surface area contributed by atoms with Crippen molar-refractivity contribution in [2.45, 2.75) is 18.9 Å². The molecule has 0 aromatic heterocycles. The predicted octanol–water partition coefficient (Wildman–Crippen LogP) is 3.21. The molecule has 1 aliphatic rings. The Labute approximate surface area is 138 Å². The van der Waals surface area contributed by atoms with Crippen LogP contribution in [0.2, 0.25) is 0 Å². The summed E-state index contributed by atoms with van der Waals surface area (Å²) >= 11 is 0.